The Kier molecular flexibility index (Phi) is 15.2. The van der Waals surface area contributed by atoms with Crippen LogP contribution < -0.4 is 0 Å². The van der Waals surface area contributed by atoms with Gasteiger partial charge in [-0.2, -0.15) is 0 Å². The lowest BCUT2D eigenvalue weighted by molar-refractivity contribution is -0.138. The van der Waals surface area contributed by atoms with Crippen molar-refractivity contribution >= 4 is 5.97 Å². The maximum atomic E-state index is 10.7. The number of hydrogen-bond donors (Lipinski definition) is 3. The van der Waals surface area contributed by atoms with Gasteiger partial charge in [0.15, 0.2) is 0 Å². The molecule has 0 aliphatic heterocycles. The van der Waals surface area contributed by atoms with Crippen LogP contribution in [-0.4, -0.2) is 33.5 Å². The third-order valence-electron chi connectivity index (χ3n) is 5.31. The van der Waals surface area contributed by atoms with Crippen molar-refractivity contribution in [2.45, 2.75) is 116 Å². The van der Waals surface area contributed by atoms with Crippen LogP contribution in [0.15, 0.2) is 0 Å². The maximum absolute atomic E-state index is 10.7. The van der Waals surface area contributed by atoms with Crippen LogP contribution >= 0.6 is 0 Å². The van der Waals surface area contributed by atoms with Crippen LogP contribution in [0.4, 0.5) is 0 Å². The summed E-state index contributed by atoms with van der Waals surface area (Å²) in [5, 5.41) is 28.4. The van der Waals surface area contributed by atoms with Gasteiger partial charge in [-0.15, -0.1) is 0 Å². The quantitative estimate of drug-likeness (QED) is 0.290. The van der Waals surface area contributed by atoms with Gasteiger partial charge >= 0.3 is 5.97 Å². The maximum Gasteiger partial charge on any atom is 0.303 e. The van der Waals surface area contributed by atoms with Crippen molar-refractivity contribution in [1.82, 2.24) is 0 Å². The predicted molar refractivity (Wildman–Crippen MR) is 104 cm³/mol. The van der Waals surface area contributed by atoms with Gasteiger partial charge in [-0.25, -0.2) is 0 Å². The first-order valence-electron chi connectivity index (χ1n) is 10.5. The second-order valence-electron chi connectivity index (χ2n) is 7.82. The summed E-state index contributed by atoms with van der Waals surface area (Å²) in [7, 11) is 0. The van der Waals surface area contributed by atoms with Crippen LogP contribution in [-0.2, 0) is 4.79 Å². The fourth-order valence-electron chi connectivity index (χ4n) is 3.42. The first kappa shape index (κ1) is 24.4. The summed E-state index contributed by atoms with van der Waals surface area (Å²) in [5.74, 6) is -0.981. The zero-order valence-corrected chi connectivity index (χ0v) is 16.6. The lowest BCUT2D eigenvalue weighted by Gasteiger charge is -2.31. The van der Waals surface area contributed by atoms with Gasteiger partial charge in [-0.1, -0.05) is 84.0 Å². The van der Waals surface area contributed by atoms with Crippen LogP contribution in [0.3, 0.4) is 0 Å². The van der Waals surface area contributed by atoms with Crippen molar-refractivity contribution in [2.75, 3.05) is 6.61 Å². The molecule has 2 unspecified atom stereocenters. The Balaban J connectivity index is 3.66. The molecule has 0 aliphatic rings. The Labute approximate surface area is 155 Å². The number of carboxylic acids is 1. The van der Waals surface area contributed by atoms with Gasteiger partial charge < -0.3 is 15.3 Å². The van der Waals surface area contributed by atoms with Crippen molar-refractivity contribution in [2.24, 2.45) is 5.92 Å². The number of aliphatic hydroxyl groups excluding tert-OH is 1. The minimum atomic E-state index is -1.17. The molecule has 0 radical (unpaired) electrons. The van der Waals surface area contributed by atoms with Gasteiger partial charge in [-0.05, 0) is 25.7 Å². The van der Waals surface area contributed by atoms with E-state index in [4.69, 9.17) is 5.11 Å². The molecule has 0 aromatic rings. The highest BCUT2D eigenvalue weighted by Crippen LogP contribution is 2.27. The van der Waals surface area contributed by atoms with E-state index in [1.807, 2.05) is 0 Å². The summed E-state index contributed by atoms with van der Waals surface area (Å²) in [6, 6.07) is 0. The first-order valence-corrected chi connectivity index (χ1v) is 10.5. The summed E-state index contributed by atoms with van der Waals surface area (Å²) in [6.45, 7) is 3.55. The third-order valence-corrected chi connectivity index (χ3v) is 5.31. The van der Waals surface area contributed by atoms with Crippen LogP contribution in [0.25, 0.3) is 0 Å². The average Bonchev–Trinajstić information content (AvgIpc) is 2.57. The van der Waals surface area contributed by atoms with E-state index >= 15 is 0 Å². The molecule has 4 heteroatoms. The molecular formula is C21H42O4. The second-order valence-corrected chi connectivity index (χ2v) is 7.82. The summed E-state index contributed by atoms with van der Waals surface area (Å²) in [6.07, 6.45) is 16.7. The van der Waals surface area contributed by atoms with Gasteiger partial charge in [-0.3, -0.25) is 4.79 Å². The van der Waals surface area contributed by atoms with Crippen LogP contribution in [0, 0.1) is 5.92 Å². The zero-order chi connectivity index (χ0) is 19.0. The molecule has 0 aliphatic carbocycles. The first-order chi connectivity index (χ1) is 11.9. The highest BCUT2D eigenvalue weighted by atomic mass is 16.4. The molecule has 0 fully saturated rings. The zero-order valence-electron chi connectivity index (χ0n) is 16.6. The van der Waals surface area contributed by atoms with Gasteiger partial charge in [0.2, 0.25) is 0 Å². The normalized spacial score (nSPS) is 15.0. The lowest BCUT2D eigenvalue weighted by atomic mass is 9.82. The molecule has 0 bridgehead atoms. The molecule has 0 heterocycles. The molecule has 0 saturated heterocycles. The Bertz CT molecular complexity index is 315. The SMILES string of the molecule is CCCCCCCCCCCCCCC(CCC(=O)O)C(C)(O)CO. The monoisotopic (exact) mass is 358 g/mol. The predicted octanol–water partition coefficient (Wildman–Crippen LogP) is 5.30. The molecular weight excluding hydrogens is 316 g/mol. The molecule has 2 atom stereocenters. The molecule has 0 rings (SSSR count). The minimum absolute atomic E-state index is 0.0546. The number of carbonyl (C=O) groups is 1. The molecule has 0 saturated carbocycles. The average molecular weight is 359 g/mol. The Morgan fingerprint density at radius 2 is 1.28 bits per heavy atom. The van der Waals surface area contributed by atoms with Crippen molar-refractivity contribution in [3.8, 4) is 0 Å². The van der Waals surface area contributed by atoms with E-state index in [0.29, 0.717) is 6.42 Å². The smallest absolute Gasteiger partial charge is 0.303 e. The van der Waals surface area contributed by atoms with Gasteiger partial charge in [0.25, 0.3) is 0 Å². The van der Waals surface area contributed by atoms with Crippen molar-refractivity contribution in [3.05, 3.63) is 0 Å². The molecule has 0 amide bonds. The lowest BCUT2D eigenvalue weighted by Crippen LogP contribution is -2.38. The Morgan fingerprint density at radius 1 is 0.840 bits per heavy atom. The van der Waals surface area contributed by atoms with Crippen molar-refractivity contribution in [1.29, 1.82) is 0 Å². The summed E-state index contributed by atoms with van der Waals surface area (Å²) in [4.78, 5) is 10.7. The van der Waals surface area contributed by atoms with E-state index in [9.17, 15) is 15.0 Å². The number of carboxylic acid groups (broad SMARTS) is 1. The van der Waals surface area contributed by atoms with E-state index in [0.717, 1.165) is 19.3 Å². The highest BCUT2D eigenvalue weighted by Gasteiger charge is 2.30. The van der Waals surface area contributed by atoms with Gasteiger partial charge in [0.05, 0.1) is 12.2 Å². The van der Waals surface area contributed by atoms with Crippen LogP contribution in [0.2, 0.25) is 0 Å². The number of aliphatic carboxylic acids is 1. The van der Waals surface area contributed by atoms with Gasteiger partial charge in [0.1, 0.15) is 0 Å². The molecule has 25 heavy (non-hydrogen) atoms. The molecule has 0 aromatic carbocycles. The van der Waals surface area contributed by atoms with E-state index in [-0.39, 0.29) is 18.9 Å². The molecule has 3 N–H and O–H groups in total. The van der Waals surface area contributed by atoms with Crippen molar-refractivity contribution < 1.29 is 20.1 Å². The summed E-state index contributed by atoms with van der Waals surface area (Å²) in [5.41, 5.74) is -1.17. The number of aliphatic hydroxyl groups is 2. The van der Waals surface area contributed by atoms with Gasteiger partial charge in [0, 0.05) is 6.42 Å². The second kappa shape index (κ2) is 15.6. The number of unbranched alkanes of at least 4 members (excludes halogenated alkanes) is 11. The highest BCUT2D eigenvalue weighted by molar-refractivity contribution is 5.66. The fraction of sp³-hybridized carbons (Fsp3) is 0.952. The Morgan fingerprint density at radius 3 is 1.68 bits per heavy atom. The topological polar surface area (TPSA) is 77.8 Å². The van der Waals surface area contributed by atoms with E-state index in [1.54, 1.807) is 6.92 Å². The molecule has 4 nitrogen and oxygen atoms in total. The third kappa shape index (κ3) is 14.3. The summed E-state index contributed by atoms with van der Waals surface area (Å²) < 4.78 is 0. The molecule has 150 valence electrons. The Hall–Kier alpha value is -0.610. The van der Waals surface area contributed by atoms with E-state index in [2.05, 4.69) is 6.92 Å². The van der Waals surface area contributed by atoms with E-state index < -0.39 is 11.6 Å². The molecule has 0 aromatic heterocycles. The fourth-order valence-corrected chi connectivity index (χ4v) is 3.42. The van der Waals surface area contributed by atoms with Crippen LogP contribution in [0.5, 0.6) is 0 Å². The molecule has 0 spiro atoms. The number of rotatable bonds is 18. The van der Waals surface area contributed by atoms with Crippen LogP contribution in [0.1, 0.15) is 110 Å². The largest absolute Gasteiger partial charge is 0.481 e. The van der Waals surface area contributed by atoms with Crippen molar-refractivity contribution in [3.63, 3.8) is 0 Å². The summed E-state index contributed by atoms with van der Waals surface area (Å²) >= 11 is 0. The minimum Gasteiger partial charge on any atom is -0.481 e. The van der Waals surface area contributed by atoms with E-state index in [1.165, 1.54) is 64.2 Å². The number of hydrogen-bond acceptors (Lipinski definition) is 3. The standard InChI is InChI=1S/C21H42O4/c1-3-4-5-6-7-8-9-10-11-12-13-14-15-19(16-17-20(23)24)21(2,25)18-22/h19,22,25H,3-18H2,1-2H3,(H,23,24).